The first-order chi connectivity index (χ1) is 9.60. The average molecular weight is 290 g/mol. The molecule has 20 heavy (non-hydrogen) atoms. The lowest BCUT2D eigenvalue weighted by molar-refractivity contribution is 0.340. The summed E-state index contributed by atoms with van der Waals surface area (Å²) in [6.45, 7) is 7.56. The molecule has 0 aromatic heterocycles. The van der Waals surface area contributed by atoms with E-state index in [0.29, 0.717) is 11.6 Å². The van der Waals surface area contributed by atoms with E-state index in [0.717, 1.165) is 23.5 Å². The van der Waals surface area contributed by atoms with Crippen LogP contribution in [-0.2, 0) is 6.54 Å². The van der Waals surface area contributed by atoms with Crippen LogP contribution in [-0.4, -0.2) is 6.61 Å². The van der Waals surface area contributed by atoms with Crippen LogP contribution in [0.5, 0.6) is 5.75 Å². The van der Waals surface area contributed by atoms with Gasteiger partial charge < -0.3 is 10.1 Å². The fourth-order valence-electron chi connectivity index (χ4n) is 1.98. The van der Waals surface area contributed by atoms with E-state index in [9.17, 15) is 0 Å². The lowest BCUT2D eigenvalue weighted by Gasteiger charge is -2.11. The maximum atomic E-state index is 6.18. The first kappa shape index (κ1) is 14.7. The molecule has 0 aliphatic rings. The summed E-state index contributed by atoms with van der Waals surface area (Å²) in [4.78, 5) is 0. The van der Waals surface area contributed by atoms with E-state index in [-0.39, 0.29) is 0 Å². The number of benzene rings is 2. The van der Waals surface area contributed by atoms with E-state index < -0.39 is 0 Å². The third-order valence-electron chi connectivity index (χ3n) is 3.30. The molecule has 0 aliphatic carbocycles. The third-order valence-corrected chi connectivity index (χ3v) is 3.60. The Morgan fingerprint density at radius 1 is 1.05 bits per heavy atom. The molecule has 3 heteroatoms. The quantitative estimate of drug-likeness (QED) is 0.839. The summed E-state index contributed by atoms with van der Waals surface area (Å²) in [6.07, 6.45) is 0. The molecule has 0 bridgehead atoms. The Morgan fingerprint density at radius 2 is 1.85 bits per heavy atom. The second kappa shape index (κ2) is 6.67. The molecule has 2 nitrogen and oxygen atoms in total. The van der Waals surface area contributed by atoms with Gasteiger partial charge in [0.15, 0.2) is 0 Å². The predicted octanol–water partition coefficient (Wildman–Crippen LogP) is 4.97. The fourth-order valence-corrected chi connectivity index (χ4v) is 2.24. The Hall–Kier alpha value is -1.67. The Morgan fingerprint density at radius 3 is 2.50 bits per heavy atom. The molecular weight excluding hydrogens is 270 g/mol. The first-order valence-corrected chi connectivity index (χ1v) is 7.20. The van der Waals surface area contributed by atoms with Gasteiger partial charge in [-0.1, -0.05) is 23.7 Å². The molecular formula is C17H20ClNO. The van der Waals surface area contributed by atoms with Gasteiger partial charge in [-0.25, -0.2) is 0 Å². The van der Waals surface area contributed by atoms with Gasteiger partial charge in [-0.05, 0) is 61.7 Å². The molecule has 1 N–H and O–H groups in total. The molecule has 0 amide bonds. The topological polar surface area (TPSA) is 21.3 Å². The Bertz CT molecular complexity index is 596. The first-order valence-electron chi connectivity index (χ1n) is 6.82. The zero-order valence-electron chi connectivity index (χ0n) is 12.2. The van der Waals surface area contributed by atoms with Crippen molar-refractivity contribution in [2.24, 2.45) is 0 Å². The van der Waals surface area contributed by atoms with E-state index in [4.69, 9.17) is 16.3 Å². The van der Waals surface area contributed by atoms with Crippen LogP contribution in [0.2, 0.25) is 5.02 Å². The van der Waals surface area contributed by atoms with Gasteiger partial charge in [-0.2, -0.15) is 0 Å². The van der Waals surface area contributed by atoms with Crippen LogP contribution >= 0.6 is 11.6 Å². The highest BCUT2D eigenvalue weighted by molar-refractivity contribution is 6.32. The molecule has 0 radical (unpaired) electrons. The lowest BCUT2D eigenvalue weighted by Crippen LogP contribution is -2.00. The minimum Gasteiger partial charge on any atom is -0.492 e. The predicted molar refractivity (Wildman–Crippen MR) is 85.9 cm³/mol. The van der Waals surface area contributed by atoms with E-state index >= 15 is 0 Å². The third kappa shape index (κ3) is 3.67. The number of ether oxygens (including phenoxy) is 1. The van der Waals surface area contributed by atoms with Crippen molar-refractivity contribution in [1.82, 2.24) is 0 Å². The Kier molecular flexibility index (Phi) is 4.91. The standard InChI is InChI=1S/C17H20ClNO/c1-4-20-17-8-6-14(10-16(17)18)11-19-15-7-5-12(2)13(3)9-15/h5-10,19H,4,11H2,1-3H3. The average Bonchev–Trinajstić information content (AvgIpc) is 2.43. The number of rotatable bonds is 5. The van der Waals surface area contributed by atoms with Crippen molar-refractivity contribution in [2.75, 3.05) is 11.9 Å². The van der Waals surface area contributed by atoms with Crippen LogP contribution < -0.4 is 10.1 Å². The van der Waals surface area contributed by atoms with E-state index in [1.165, 1.54) is 11.1 Å². The Labute approximate surface area is 125 Å². The van der Waals surface area contributed by atoms with Gasteiger partial charge in [-0.3, -0.25) is 0 Å². The van der Waals surface area contributed by atoms with Gasteiger partial charge in [0, 0.05) is 12.2 Å². The maximum absolute atomic E-state index is 6.18. The molecule has 2 rings (SSSR count). The second-order valence-corrected chi connectivity index (χ2v) is 5.26. The zero-order chi connectivity index (χ0) is 14.5. The number of halogens is 1. The molecule has 0 fully saturated rings. The van der Waals surface area contributed by atoms with E-state index in [2.05, 4.69) is 37.4 Å². The van der Waals surface area contributed by atoms with Crippen molar-refractivity contribution < 1.29 is 4.74 Å². The summed E-state index contributed by atoms with van der Waals surface area (Å²) in [7, 11) is 0. The number of anilines is 1. The highest BCUT2D eigenvalue weighted by Crippen LogP contribution is 2.26. The van der Waals surface area contributed by atoms with Crippen molar-refractivity contribution in [3.05, 3.63) is 58.1 Å². The summed E-state index contributed by atoms with van der Waals surface area (Å²) >= 11 is 6.18. The minimum atomic E-state index is 0.625. The molecule has 0 spiro atoms. The molecule has 2 aromatic carbocycles. The smallest absolute Gasteiger partial charge is 0.137 e. The van der Waals surface area contributed by atoms with E-state index in [1.807, 2.05) is 25.1 Å². The van der Waals surface area contributed by atoms with Gasteiger partial charge in [0.05, 0.1) is 11.6 Å². The normalized spacial score (nSPS) is 10.4. The van der Waals surface area contributed by atoms with Crippen molar-refractivity contribution in [3.8, 4) is 5.75 Å². The largest absolute Gasteiger partial charge is 0.492 e. The highest BCUT2D eigenvalue weighted by Gasteiger charge is 2.03. The van der Waals surface area contributed by atoms with Gasteiger partial charge in [-0.15, -0.1) is 0 Å². The molecule has 0 saturated carbocycles. The SMILES string of the molecule is CCOc1ccc(CNc2ccc(C)c(C)c2)cc1Cl. The molecule has 2 aromatic rings. The number of hydrogen-bond acceptors (Lipinski definition) is 2. The summed E-state index contributed by atoms with van der Waals surface area (Å²) in [6, 6.07) is 12.3. The van der Waals surface area contributed by atoms with Gasteiger partial charge in [0.2, 0.25) is 0 Å². The number of aryl methyl sites for hydroxylation is 2. The second-order valence-electron chi connectivity index (χ2n) is 4.85. The molecule has 106 valence electrons. The van der Waals surface area contributed by atoms with Crippen LogP contribution in [0.15, 0.2) is 36.4 Å². The summed E-state index contributed by atoms with van der Waals surface area (Å²) in [5, 5.41) is 4.07. The zero-order valence-corrected chi connectivity index (χ0v) is 12.9. The van der Waals surface area contributed by atoms with Crippen LogP contribution in [0.3, 0.4) is 0 Å². The molecule has 0 aliphatic heterocycles. The van der Waals surface area contributed by atoms with Crippen molar-refractivity contribution in [2.45, 2.75) is 27.3 Å². The van der Waals surface area contributed by atoms with Crippen molar-refractivity contribution in [3.63, 3.8) is 0 Å². The molecule has 0 heterocycles. The van der Waals surface area contributed by atoms with Crippen LogP contribution in [0.25, 0.3) is 0 Å². The van der Waals surface area contributed by atoms with Gasteiger partial charge in [0.1, 0.15) is 5.75 Å². The number of nitrogens with one attached hydrogen (secondary N) is 1. The van der Waals surface area contributed by atoms with Gasteiger partial charge in [0.25, 0.3) is 0 Å². The van der Waals surface area contributed by atoms with E-state index in [1.54, 1.807) is 0 Å². The van der Waals surface area contributed by atoms with Crippen LogP contribution in [0.4, 0.5) is 5.69 Å². The van der Waals surface area contributed by atoms with Crippen molar-refractivity contribution in [1.29, 1.82) is 0 Å². The Balaban J connectivity index is 2.03. The number of hydrogen-bond donors (Lipinski definition) is 1. The summed E-state index contributed by atoms with van der Waals surface area (Å²) in [5.74, 6) is 0.740. The fraction of sp³-hybridized carbons (Fsp3) is 0.294. The molecule has 0 unspecified atom stereocenters. The van der Waals surface area contributed by atoms with Crippen LogP contribution in [0.1, 0.15) is 23.6 Å². The molecule has 0 saturated heterocycles. The summed E-state index contributed by atoms with van der Waals surface area (Å²) < 4.78 is 5.43. The summed E-state index contributed by atoms with van der Waals surface area (Å²) in [5.41, 5.74) is 4.86. The van der Waals surface area contributed by atoms with Crippen molar-refractivity contribution >= 4 is 17.3 Å². The minimum absolute atomic E-state index is 0.625. The molecule has 0 atom stereocenters. The maximum Gasteiger partial charge on any atom is 0.137 e. The van der Waals surface area contributed by atoms with Gasteiger partial charge >= 0.3 is 0 Å². The monoisotopic (exact) mass is 289 g/mol. The lowest BCUT2D eigenvalue weighted by atomic mass is 10.1. The highest BCUT2D eigenvalue weighted by atomic mass is 35.5. The van der Waals surface area contributed by atoms with Crippen LogP contribution in [0, 0.1) is 13.8 Å².